The van der Waals surface area contributed by atoms with Crippen LogP contribution in [-0.2, 0) is 23.1 Å². The number of halogens is 1. The van der Waals surface area contributed by atoms with Gasteiger partial charge in [0.2, 0.25) is 10.0 Å². The van der Waals surface area contributed by atoms with Crippen LogP contribution in [0.1, 0.15) is 22.6 Å². The summed E-state index contributed by atoms with van der Waals surface area (Å²) in [4.78, 5) is 2.26. The topological polar surface area (TPSA) is 58.2 Å². The molecule has 1 aliphatic carbocycles. The first-order valence-corrected chi connectivity index (χ1v) is 10.6. The highest BCUT2D eigenvalue weighted by molar-refractivity contribution is 9.11. The predicted octanol–water partition coefficient (Wildman–Crippen LogP) is 3.30. The van der Waals surface area contributed by atoms with Crippen LogP contribution in [0.15, 0.2) is 32.3 Å². The number of hydrogen-bond donors (Lipinski definition) is 2. The van der Waals surface area contributed by atoms with Crippen molar-refractivity contribution >= 4 is 48.6 Å². The Morgan fingerprint density at radius 2 is 2.05 bits per heavy atom. The van der Waals surface area contributed by atoms with Crippen LogP contribution in [0, 0.1) is 0 Å². The van der Waals surface area contributed by atoms with Crippen LogP contribution in [0.2, 0.25) is 0 Å². The van der Waals surface area contributed by atoms with Crippen LogP contribution >= 0.6 is 38.6 Å². The first-order chi connectivity index (χ1) is 10.0. The summed E-state index contributed by atoms with van der Waals surface area (Å²) in [6.45, 7) is 0.951. The molecular weight excluding hydrogens is 392 g/mol. The summed E-state index contributed by atoms with van der Waals surface area (Å²) in [7, 11) is -3.45. The SMILES string of the molecule is O=S(=O)(NCc1ccc(Br)s1)c1ccsc1CNC1CC1. The second-order valence-corrected chi connectivity index (χ2v) is 10.2. The zero-order valence-electron chi connectivity index (χ0n) is 11.1. The summed E-state index contributed by atoms with van der Waals surface area (Å²) in [5.41, 5.74) is 0. The van der Waals surface area contributed by atoms with E-state index in [4.69, 9.17) is 0 Å². The number of sulfonamides is 1. The van der Waals surface area contributed by atoms with Gasteiger partial charge in [0.15, 0.2) is 0 Å². The van der Waals surface area contributed by atoms with Crippen LogP contribution < -0.4 is 10.0 Å². The first kappa shape index (κ1) is 15.6. The van der Waals surface area contributed by atoms with E-state index in [0.29, 0.717) is 24.0 Å². The Kier molecular flexibility index (Phi) is 4.82. The lowest BCUT2D eigenvalue weighted by molar-refractivity contribution is 0.579. The van der Waals surface area contributed by atoms with Gasteiger partial charge in [-0.1, -0.05) is 0 Å². The maximum Gasteiger partial charge on any atom is 0.242 e. The van der Waals surface area contributed by atoms with Gasteiger partial charge in [0, 0.05) is 28.9 Å². The normalized spacial score (nSPS) is 15.5. The van der Waals surface area contributed by atoms with E-state index in [1.54, 1.807) is 6.07 Å². The van der Waals surface area contributed by atoms with Crippen LogP contribution in [0.3, 0.4) is 0 Å². The molecule has 2 aromatic heterocycles. The van der Waals surface area contributed by atoms with E-state index >= 15 is 0 Å². The molecule has 2 heterocycles. The minimum Gasteiger partial charge on any atom is -0.309 e. The van der Waals surface area contributed by atoms with Gasteiger partial charge in [-0.05, 0) is 52.4 Å². The lowest BCUT2D eigenvalue weighted by Gasteiger charge is -2.07. The average molecular weight is 407 g/mol. The van der Waals surface area contributed by atoms with Crippen molar-refractivity contribution in [1.82, 2.24) is 10.0 Å². The van der Waals surface area contributed by atoms with Crippen molar-refractivity contribution in [2.75, 3.05) is 0 Å². The Labute approximate surface area is 140 Å². The molecule has 0 saturated heterocycles. The third-order valence-electron chi connectivity index (χ3n) is 3.19. The van der Waals surface area contributed by atoms with Gasteiger partial charge in [0.1, 0.15) is 0 Å². The number of hydrogen-bond acceptors (Lipinski definition) is 5. The van der Waals surface area contributed by atoms with Crippen molar-refractivity contribution in [1.29, 1.82) is 0 Å². The fraction of sp³-hybridized carbons (Fsp3) is 0.385. The van der Waals surface area contributed by atoms with Crippen LogP contribution in [-0.4, -0.2) is 14.5 Å². The largest absolute Gasteiger partial charge is 0.309 e. The van der Waals surface area contributed by atoms with Gasteiger partial charge >= 0.3 is 0 Å². The van der Waals surface area contributed by atoms with E-state index in [2.05, 4.69) is 26.0 Å². The lowest BCUT2D eigenvalue weighted by atomic mass is 10.4. The van der Waals surface area contributed by atoms with Crippen LogP contribution in [0.5, 0.6) is 0 Å². The molecular formula is C13H15BrN2O2S3. The fourth-order valence-corrected chi connectivity index (χ4v) is 5.83. The van der Waals surface area contributed by atoms with Crippen molar-refractivity contribution < 1.29 is 8.42 Å². The van der Waals surface area contributed by atoms with Crippen molar-refractivity contribution in [3.8, 4) is 0 Å². The molecule has 114 valence electrons. The van der Waals surface area contributed by atoms with Crippen molar-refractivity contribution in [3.05, 3.63) is 37.1 Å². The molecule has 1 fully saturated rings. The molecule has 8 heteroatoms. The Morgan fingerprint density at radius 1 is 1.24 bits per heavy atom. The van der Waals surface area contributed by atoms with Gasteiger partial charge in [-0.25, -0.2) is 13.1 Å². The summed E-state index contributed by atoms with van der Waals surface area (Å²) in [6, 6.07) is 6.09. The number of rotatable bonds is 7. The molecule has 1 saturated carbocycles. The van der Waals surface area contributed by atoms with Gasteiger partial charge in [-0.3, -0.25) is 0 Å². The third kappa shape index (κ3) is 4.14. The molecule has 2 N–H and O–H groups in total. The van der Waals surface area contributed by atoms with Crippen LogP contribution in [0.25, 0.3) is 0 Å². The molecule has 4 nitrogen and oxygen atoms in total. The smallest absolute Gasteiger partial charge is 0.242 e. The Hall–Kier alpha value is -0.250. The molecule has 0 unspecified atom stereocenters. The van der Waals surface area contributed by atoms with Gasteiger partial charge in [-0.2, -0.15) is 0 Å². The summed E-state index contributed by atoms with van der Waals surface area (Å²) < 4.78 is 28.5. The Bertz CT molecular complexity index is 719. The molecule has 0 aliphatic heterocycles. The molecule has 0 radical (unpaired) electrons. The molecule has 21 heavy (non-hydrogen) atoms. The van der Waals surface area contributed by atoms with E-state index < -0.39 is 10.0 Å². The average Bonchev–Trinajstić information content (AvgIpc) is 2.97. The van der Waals surface area contributed by atoms with Gasteiger partial charge in [0.25, 0.3) is 0 Å². The monoisotopic (exact) mass is 406 g/mol. The van der Waals surface area contributed by atoms with Crippen molar-refractivity contribution in [2.24, 2.45) is 0 Å². The third-order valence-corrected chi connectivity index (χ3v) is 7.35. The Balaban J connectivity index is 1.67. The summed E-state index contributed by atoms with van der Waals surface area (Å²) in [5, 5.41) is 5.20. The van der Waals surface area contributed by atoms with E-state index in [1.165, 1.54) is 35.5 Å². The molecule has 0 atom stereocenters. The number of nitrogens with one attached hydrogen (secondary N) is 2. The van der Waals surface area contributed by atoms with Gasteiger partial charge < -0.3 is 5.32 Å². The van der Waals surface area contributed by atoms with Gasteiger partial charge in [0.05, 0.1) is 8.68 Å². The minimum atomic E-state index is -3.45. The second-order valence-electron chi connectivity index (χ2n) is 4.89. The molecule has 3 rings (SSSR count). The standard InChI is InChI=1S/C13H15BrN2O2S3/c14-13-4-3-10(20-13)7-16-21(17,18)12-5-6-19-11(12)8-15-9-1-2-9/h3-6,9,15-16H,1-2,7-8H2. The van der Waals surface area contributed by atoms with E-state index in [-0.39, 0.29) is 0 Å². The Morgan fingerprint density at radius 3 is 2.71 bits per heavy atom. The maximum atomic E-state index is 12.4. The summed E-state index contributed by atoms with van der Waals surface area (Å²) in [6.07, 6.45) is 2.39. The van der Waals surface area contributed by atoms with Crippen LogP contribution in [0.4, 0.5) is 0 Å². The predicted molar refractivity (Wildman–Crippen MR) is 90.2 cm³/mol. The molecule has 2 aromatic rings. The maximum absolute atomic E-state index is 12.4. The lowest BCUT2D eigenvalue weighted by Crippen LogP contribution is -2.24. The highest BCUT2D eigenvalue weighted by Gasteiger charge is 2.23. The first-order valence-electron chi connectivity index (χ1n) is 6.58. The number of thiophene rings is 2. The minimum absolute atomic E-state index is 0.323. The molecule has 0 bridgehead atoms. The highest BCUT2D eigenvalue weighted by atomic mass is 79.9. The summed E-state index contributed by atoms with van der Waals surface area (Å²) >= 11 is 6.40. The summed E-state index contributed by atoms with van der Waals surface area (Å²) in [5.74, 6) is 0. The van der Waals surface area contributed by atoms with Crippen molar-refractivity contribution in [3.63, 3.8) is 0 Å². The highest BCUT2D eigenvalue weighted by Crippen LogP contribution is 2.26. The zero-order valence-corrected chi connectivity index (χ0v) is 15.2. The van der Waals surface area contributed by atoms with Gasteiger partial charge in [-0.15, -0.1) is 22.7 Å². The second kappa shape index (κ2) is 6.47. The molecule has 0 aromatic carbocycles. The van der Waals surface area contributed by atoms with E-state index in [1.807, 2.05) is 17.5 Å². The quantitative estimate of drug-likeness (QED) is 0.741. The van der Waals surface area contributed by atoms with E-state index in [9.17, 15) is 8.42 Å². The molecule has 0 spiro atoms. The molecule has 1 aliphatic rings. The zero-order chi connectivity index (χ0) is 14.9. The van der Waals surface area contributed by atoms with Crippen molar-refractivity contribution in [2.45, 2.75) is 36.9 Å². The van der Waals surface area contributed by atoms with E-state index in [0.717, 1.165) is 13.5 Å². The molecule has 0 amide bonds. The fourth-order valence-electron chi connectivity index (χ4n) is 1.91.